The van der Waals surface area contributed by atoms with Crippen molar-refractivity contribution in [1.29, 1.82) is 0 Å². The van der Waals surface area contributed by atoms with E-state index in [4.69, 9.17) is 10.5 Å². The molecule has 0 spiro atoms. The SMILES string of the molecule is CCCCC(C(=O)O)C(CCC)CSc1cc(OC)ccc1N. The Bertz CT molecular complexity index is 493. The molecular weight excluding hydrogens is 310 g/mol. The topological polar surface area (TPSA) is 72.5 Å². The Hall–Kier alpha value is -1.36. The van der Waals surface area contributed by atoms with Gasteiger partial charge in [-0.05, 0) is 37.0 Å². The van der Waals surface area contributed by atoms with Crippen molar-refractivity contribution in [3.63, 3.8) is 0 Å². The fourth-order valence-electron chi connectivity index (χ4n) is 2.72. The molecule has 5 heteroatoms. The molecule has 1 aromatic carbocycles. The molecule has 4 nitrogen and oxygen atoms in total. The smallest absolute Gasteiger partial charge is 0.306 e. The molecule has 2 unspecified atom stereocenters. The molecular formula is C18H29NO3S. The third-order valence-electron chi connectivity index (χ3n) is 4.09. The van der Waals surface area contributed by atoms with Gasteiger partial charge in [-0.3, -0.25) is 4.79 Å². The second kappa shape index (κ2) is 10.4. The lowest BCUT2D eigenvalue weighted by molar-refractivity contribution is -0.143. The van der Waals surface area contributed by atoms with Crippen LogP contribution < -0.4 is 10.5 Å². The highest BCUT2D eigenvalue weighted by atomic mass is 32.2. The molecule has 0 aromatic heterocycles. The Labute approximate surface area is 143 Å². The summed E-state index contributed by atoms with van der Waals surface area (Å²) in [5, 5.41) is 9.58. The second-order valence-corrected chi connectivity index (χ2v) is 6.91. The minimum atomic E-state index is -0.670. The van der Waals surface area contributed by atoms with Crippen LogP contribution in [0.3, 0.4) is 0 Å². The molecule has 0 saturated carbocycles. The number of carboxylic acids is 1. The normalized spacial score (nSPS) is 13.5. The predicted molar refractivity (Wildman–Crippen MR) is 97.2 cm³/mol. The van der Waals surface area contributed by atoms with Gasteiger partial charge in [0.1, 0.15) is 5.75 Å². The van der Waals surface area contributed by atoms with Crippen molar-refractivity contribution in [2.45, 2.75) is 50.8 Å². The molecule has 0 aliphatic heterocycles. The van der Waals surface area contributed by atoms with Crippen molar-refractivity contribution in [2.24, 2.45) is 11.8 Å². The number of hydrogen-bond acceptors (Lipinski definition) is 4. The van der Waals surface area contributed by atoms with Gasteiger partial charge in [0.2, 0.25) is 0 Å². The number of nitrogens with two attached hydrogens (primary N) is 1. The molecule has 0 saturated heterocycles. The number of aliphatic carboxylic acids is 1. The van der Waals surface area contributed by atoms with Crippen molar-refractivity contribution in [3.05, 3.63) is 18.2 Å². The molecule has 0 aliphatic rings. The minimum absolute atomic E-state index is 0.166. The summed E-state index contributed by atoms with van der Waals surface area (Å²) < 4.78 is 5.24. The summed E-state index contributed by atoms with van der Waals surface area (Å²) in [6.45, 7) is 4.20. The van der Waals surface area contributed by atoms with Gasteiger partial charge < -0.3 is 15.6 Å². The summed E-state index contributed by atoms with van der Waals surface area (Å²) in [6, 6.07) is 5.59. The lowest BCUT2D eigenvalue weighted by atomic mass is 9.86. The molecule has 1 aromatic rings. The molecule has 23 heavy (non-hydrogen) atoms. The maximum absolute atomic E-state index is 11.6. The number of benzene rings is 1. The van der Waals surface area contributed by atoms with Crippen molar-refractivity contribution in [2.75, 3.05) is 18.6 Å². The average molecular weight is 340 g/mol. The van der Waals surface area contributed by atoms with Gasteiger partial charge in [-0.1, -0.05) is 33.1 Å². The first-order valence-corrected chi connectivity index (χ1v) is 9.31. The van der Waals surface area contributed by atoms with Crippen molar-refractivity contribution in [3.8, 4) is 5.75 Å². The minimum Gasteiger partial charge on any atom is -0.497 e. The van der Waals surface area contributed by atoms with E-state index in [1.807, 2.05) is 18.2 Å². The summed E-state index contributed by atoms with van der Waals surface area (Å²) in [6.07, 6.45) is 4.67. The summed E-state index contributed by atoms with van der Waals surface area (Å²) in [7, 11) is 1.63. The van der Waals surface area contributed by atoms with E-state index < -0.39 is 5.97 Å². The maximum atomic E-state index is 11.6. The molecule has 130 valence electrons. The standard InChI is InChI=1S/C18H29NO3S/c1-4-6-8-15(18(20)21)13(7-5-2)12-23-17-11-14(22-3)9-10-16(17)19/h9-11,13,15H,4-8,12,19H2,1-3H3,(H,20,21). The molecule has 0 aliphatic carbocycles. The fraction of sp³-hybridized carbons (Fsp3) is 0.611. The summed E-state index contributed by atoms with van der Waals surface area (Å²) >= 11 is 1.64. The summed E-state index contributed by atoms with van der Waals surface area (Å²) in [5.74, 6) is 0.769. The first-order chi connectivity index (χ1) is 11.0. The molecule has 1 rings (SSSR count). The van der Waals surface area contributed by atoms with Gasteiger partial charge in [0.25, 0.3) is 0 Å². The van der Waals surface area contributed by atoms with Gasteiger partial charge >= 0.3 is 5.97 Å². The van der Waals surface area contributed by atoms with Crippen LogP contribution in [0, 0.1) is 11.8 Å². The number of rotatable bonds is 11. The van der Waals surface area contributed by atoms with Gasteiger partial charge in [-0.2, -0.15) is 0 Å². The molecule has 2 atom stereocenters. The van der Waals surface area contributed by atoms with Crippen LogP contribution in [0.1, 0.15) is 46.0 Å². The predicted octanol–water partition coefficient (Wildman–Crippen LogP) is 4.68. The molecule has 3 N–H and O–H groups in total. The van der Waals surface area contributed by atoms with E-state index in [-0.39, 0.29) is 11.8 Å². The number of ether oxygens (including phenoxy) is 1. The number of hydrogen-bond donors (Lipinski definition) is 2. The number of methoxy groups -OCH3 is 1. The fourth-order valence-corrected chi connectivity index (χ4v) is 3.95. The van der Waals surface area contributed by atoms with Crippen molar-refractivity contribution >= 4 is 23.4 Å². The highest BCUT2D eigenvalue weighted by Crippen LogP contribution is 2.34. The first kappa shape index (κ1) is 19.7. The lowest BCUT2D eigenvalue weighted by Gasteiger charge is -2.23. The maximum Gasteiger partial charge on any atom is 0.306 e. The van der Waals surface area contributed by atoms with E-state index in [2.05, 4.69) is 13.8 Å². The highest BCUT2D eigenvalue weighted by molar-refractivity contribution is 7.99. The van der Waals surface area contributed by atoms with Gasteiger partial charge in [-0.25, -0.2) is 0 Å². The zero-order chi connectivity index (χ0) is 17.2. The third kappa shape index (κ3) is 6.34. The number of anilines is 1. The Morgan fingerprint density at radius 3 is 2.61 bits per heavy atom. The van der Waals surface area contributed by atoms with Crippen LogP contribution in [0.2, 0.25) is 0 Å². The van der Waals surface area contributed by atoms with E-state index >= 15 is 0 Å². The molecule has 0 bridgehead atoms. The molecule has 0 fully saturated rings. The van der Waals surface area contributed by atoms with E-state index in [0.29, 0.717) is 5.69 Å². The Morgan fingerprint density at radius 2 is 2.04 bits per heavy atom. The van der Waals surface area contributed by atoms with Crippen LogP contribution in [0.15, 0.2) is 23.1 Å². The monoisotopic (exact) mass is 339 g/mol. The highest BCUT2D eigenvalue weighted by Gasteiger charge is 2.27. The third-order valence-corrected chi connectivity index (χ3v) is 5.35. The molecule has 0 heterocycles. The van der Waals surface area contributed by atoms with Gasteiger partial charge in [0.15, 0.2) is 0 Å². The Morgan fingerprint density at radius 1 is 1.30 bits per heavy atom. The van der Waals surface area contributed by atoms with E-state index in [0.717, 1.165) is 48.5 Å². The second-order valence-electron chi connectivity index (χ2n) is 5.85. The first-order valence-electron chi connectivity index (χ1n) is 8.32. The van der Waals surface area contributed by atoms with Crippen LogP contribution in [0.25, 0.3) is 0 Å². The van der Waals surface area contributed by atoms with Crippen LogP contribution >= 0.6 is 11.8 Å². The van der Waals surface area contributed by atoms with Crippen molar-refractivity contribution in [1.82, 2.24) is 0 Å². The van der Waals surface area contributed by atoms with Gasteiger partial charge in [0, 0.05) is 16.3 Å². The Kier molecular flexibility index (Phi) is 8.92. The van der Waals surface area contributed by atoms with Crippen LogP contribution in [0.4, 0.5) is 5.69 Å². The number of unbranched alkanes of at least 4 members (excludes halogenated alkanes) is 1. The number of nitrogen functional groups attached to an aromatic ring is 1. The summed E-state index contributed by atoms with van der Waals surface area (Å²) in [4.78, 5) is 12.6. The zero-order valence-electron chi connectivity index (χ0n) is 14.4. The van der Waals surface area contributed by atoms with E-state index in [1.165, 1.54) is 0 Å². The number of carbonyl (C=O) groups is 1. The average Bonchev–Trinajstić information content (AvgIpc) is 2.53. The summed E-state index contributed by atoms with van der Waals surface area (Å²) in [5.41, 5.74) is 6.74. The van der Waals surface area contributed by atoms with Crippen LogP contribution in [-0.2, 0) is 4.79 Å². The lowest BCUT2D eigenvalue weighted by Crippen LogP contribution is -2.25. The van der Waals surface area contributed by atoms with Crippen molar-refractivity contribution < 1.29 is 14.6 Å². The number of thioether (sulfide) groups is 1. The van der Waals surface area contributed by atoms with E-state index in [9.17, 15) is 9.90 Å². The number of carboxylic acid groups (broad SMARTS) is 1. The quantitative estimate of drug-likeness (QED) is 0.452. The van der Waals surface area contributed by atoms with Gasteiger partial charge in [0.05, 0.1) is 13.0 Å². The molecule has 0 radical (unpaired) electrons. The largest absolute Gasteiger partial charge is 0.497 e. The zero-order valence-corrected chi connectivity index (χ0v) is 15.2. The molecule has 0 amide bonds. The Balaban J connectivity index is 2.80. The van der Waals surface area contributed by atoms with E-state index in [1.54, 1.807) is 18.9 Å². The van der Waals surface area contributed by atoms with Crippen LogP contribution in [0.5, 0.6) is 5.75 Å². The van der Waals surface area contributed by atoms with Crippen LogP contribution in [-0.4, -0.2) is 23.9 Å². The van der Waals surface area contributed by atoms with Gasteiger partial charge in [-0.15, -0.1) is 11.8 Å².